The molecule has 1 fully saturated rings. The number of ether oxygens (including phenoxy) is 1. The minimum Gasteiger partial charge on any atom is -0.496 e. The van der Waals surface area contributed by atoms with Crippen LogP contribution in [0.5, 0.6) is 5.75 Å². The summed E-state index contributed by atoms with van der Waals surface area (Å²) < 4.78 is 5.39. The largest absolute Gasteiger partial charge is 0.496 e. The van der Waals surface area contributed by atoms with Crippen molar-refractivity contribution in [1.29, 1.82) is 0 Å². The molecule has 7 nitrogen and oxygen atoms in total. The predicted octanol–water partition coefficient (Wildman–Crippen LogP) is 1.85. The lowest BCUT2D eigenvalue weighted by Crippen LogP contribution is -2.47. The van der Waals surface area contributed by atoms with E-state index in [9.17, 15) is 4.79 Å². The summed E-state index contributed by atoms with van der Waals surface area (Å²) in [6.45, 7) is 5.45. The number of nitrogens with one attached hydrogen (secondary N) is 3. The van der Waals surface area contributed by atoms with Gasteiger partial charge in [-0.15, -0.1) is 0 Å². The normalized spacial score (nSPS) is 14.3. The molecule has 1 saturated heterocycles. The number of piperazine rings is 1. The molecule has 2 aromatic rings. The zero-order chi connectivity index (χ0) is 21.3. The van der Waals surface area contributed by atoms with Gasteiger partial charge in [-0.25, -0.2) is 0 Å². The predicted molar refractivity (Wildman–Crippen MR) is 121 cm³/mol. The zero-order valence-electron chi connectivity index (χ0n) is 18.0. The second-order valence-electron chi connectivity index (χ2n) is 7.34. The number of amides is 1. The number of hydrogen-bond donors (Lipinski definition) is 3. The fourth-order valence-corrected chi connectivity index (χ4v) is 3.44. The number of aryl methyl sites for hydroxylation is 1. The maximum Gasteiger partial charge on any atom is 0.239 e. The summed E-state index contributed by atoms with van der Waals surface area (Å²) >= 11 is 0. The van der Waals surface area contributed by atoms with Crippen molar-refractivity contribution in [2.45, 2.75) is 19.9 Å². The fraction of sp³-hybridized carbons (Fsp3) is 0.391. The first kappa shape index (κ1) is 21.5. The molecular weight excluding hydrogens is 378 g/mol. The van der Waals surface area contributed by atoms with Crippen LogP contribution in [0, 0.1) is 6.92 Å². The van der Waals surface area contributed by atoms with Gasteiger partial charge in [0.25, 0.3) is 0 Å². The van der Waals surface area contributed by atoms with Crippen molar-refractivity contribution in [3.8, 4) is 5.75 Å². The topological polar surface area (TPSA) is 78.0 Å². The van der Waals surface area contributed by atoms with Gasteiger partial charge in [-0.2, -0.15) is 0 Å². The van der Waals surface area contributed by atoms with Crippen molar-refractivity contribution in [3.05, 3.63) is 59.2 Å². The monoisotopic (exact) mass is 409 g/mol. The van der Waals surface area contributed by atoms with Crippen LogP contribution in [-0.4, -0.2) is 52.2 Å². The van der Waals surface area contributed by atoms with E-state index in [0.29, 0.717) is 19.6 Å². The number of benzene rings is 2. The van der Waals surface area contributed by atoms with Crippen molar-refractivity contribution < 1.29 is 9.53 Å². The molecule has 0 radical (unpaired) electrons. The van der Waals surface area contributed by atoms with Crippen LogP contribution in [0.15, 0.2) is 47.5 Å². The minimum absolute atomic E-state index is 0.0750. The van der Waals surface area contributed by atoms with Gasteiger partial charge >= 0.3 is 0 Å². The first-order valence-corrected chi connectivity index (χ1v) is 10.3. The number of carbonyl (C=O) groups excluding carboxylic acids is 1. The molecule has 1 heterocycles. The first-order valence-electron chi connectivity index (χ1n) is 10.3. The Bertz CT molecular complexity index is 880. The zero-order valence-corrected chi connectivity index (χ0v) is 18.0. The highest BCUT2D eigenvalue weighted by Crippen LogP contribution is 2.19. The second kappa shape index (κ2) is 10.5. The lowest BCUT2D eigenvalue weighted by Gasteiger charge is -2.28. The quantitative estimate of drug-likeness (QED) is 0.481. The molecule has 7 heteroatoms. The highest BCUT2D eigenvalue weighted by molar-refractivity contribution is 5.82. The standard InChI is InChI=1S/C23H31N5O2/c1-17-4-5-18(14-21(17)30-3)10-11-26-23(24-2)27-15-19-6-8-20(9-7-19)28-13-12-25-22(29)16-28/h4-9,14H,10-13,15-16H2,1-3H3,(H,25,29)(H2,24,26,27). The number of hydrogen-bond acceptors (Lipinski definition) is 4. The molecule has 2 aromatic carbocycles. The number of methoxy groups -OCH3 is 1. The van der Waals surface area contributed by atoms with E-state index < -0.39 is 0 Å². The Morgan fingerprint density at radius 2 is 1.93 bits per heavy atom. The van der Waals surface area contributed by atoms with Crippen LogP contribution in [0.3, 0.4) is 0 Å². The van der Waals surface area contributed by atoms with Gasteiger partial charge in [-0.05, 0) is 48.2 Å². The maximum absolute atomic E-state index is 11.6. The van der Waals surface area contributed by atoms with E-state index in [4.69, 9.17) is 4.74 Å². The molecule has 1 aliphatic heterocycles. The Labute approximate surface area is 178 Å². The maximum atomic E-state index is 11.6. The molecular formula is C23H31N5O2. The fourth-order valence-electron chi connectivity index (χ4n) is 3.44. The van der Waals surface area contributed by atoms with Gasteiger partial charge in [-0.3, -0.25) is 9.79 Å². The number of anilines is 1. The summed E-state index contributed by atoms with van der Waals surface area (Å²) in [6.07, 6.45) is 0.884. The van der Waals surface area contributed by atoms with E-state index in [1.807, 2.05) is 6.92 Å². The number of carbonyl (C=O) groups is 1. The minimum atomic E-state index is 0.0750. The lowest BCUT2D eigenvalue weighted by molar-refractivity contribution is -0.120. The molecule has 0 bridgehead atoms. The van der Waals surface area contributed by atoms with Gasteiger partial charge in [0.05, 0.1) is 13.7 Å². The Kier molecular flexibility index (Phi) is 7.54. The number of rotatable bonds is 7. The van der Waals surface area contributed by atoms with Gasteiger partial charge in [0, 0.05) is 38.9 Å². The van der Waals surface area contributed by atoms with Crippen molar-refractivity contribution in [2.24, 2.45) is 4.99 Å². The molecule has 0 aromatic heterocycles. The van der Waals surface area contributed by atoms with Gasteiger partial charge in [0.2, 0.25) is 5.91 Å². The number of aliphatic imine (C=N–C) groups is 1. The van der Waals surface area contributed by atoms with E-state index in [0.717, 1.165) is 48.0 Å². The summed E-state index contributed by atoms with van der Waals surface area (Å²) in [4.78, 5) is 18.0. The van der Waals surface area contributed by atoms with E-state index in [2.05, 4.69) is 68.3 Å². The summed E-state index contributed by atoms with van der Waals surface area (Å²) in [6, 6.07) is 14.6. The lowest BCUT2D eigenvalue weighted by atomic mass is 10.1. The number of guanidine groups is 1. The summed E-state index contributed by atoms with van der Waals surface area (Å²) in [5.41, 5.74) is 4.60. The molecule has 160 valence electrons. The SMILES string of the molecule is CN=C(NCCc1ccc(C)c(OC)c1)NCc1ccc(N2CCNC(=O)C2)cc1. The molecule has 0 spiro atoms. The Morgan fingerprint density at radius 3 is 2.63 bits per heavy atom. The van der Waals surface area contributed by atoms with Gasteiger partial charge in [0.15, 0.2) is 5.96 Å². The van der Waals surface area contributed by atoms with Crippen LogP contribution < -0.4 is 25.6 Å². The second-order valence-corrected chi connectivity index (χ2v) is 7.34. The van der Waals surface area contributed by atoms with Crippen LogP contribution in [0.1, 0.15) is 16.7 Å². The molecule has 1 amide bonds. The van der Waals surface area contributed by atoms with Gasteiger partial charge < -0.3 is 25.6 Å². The van der Waals surface area contributed by atoms with Crippen molar-refractivity contribution in [3.63, 3.8) is 0 Å². The molecule has 3 rings (SSSR count). The smallest absolute Gasteiger partial charge is 0.239 e. The Balaban J connectivity index is 1.45. The Hall–Kier alpha value is -3.22. The summed E-state index contributed by atoms with van der Waals surface area (Å²) in [5.74, 6) is 1.76. The van der Waals surface area contributed by atoms with Crippen LogP contribution >= 0.6 is 0 Å². The van der Waals surface area contributed by atoms with E-state index in [1.54, 1.807) is 14.2 Å². The van der Waals surface area contributed by atoms with Crippen molar-refractivity contribution in [2.75, 3.05) is 45.2 Å². The molecule has 1 aliphatic rings. The van der Waals surface area contributed by atoms with Gasteiger partial charge in [0.1, 0.15) is 5.75 Å². The molecule has 0 saturated carbocycles. The molecule has 30 heavy (non-hydrogen) atoms. The molecule has 0 unspecified atom stereocenters. The first-order chi connectivity index (χ1) is 14.6. The Morgan fingerprint density at radius 1 is 1.17 bits per heavy atom. The van der Waals surface area contributed by atoms with Crippen molar-refractivity contribution >= 4 is 17.6 Å². The van der Waals surface area contributed by atoms with E-state index in [-0.39, 0.29) is 5.91 Å². The van der Waals surface area contributed by atoms with Crippen LogP contribution in [0.2, 0.25) is 0 Å². The van der Waals surface area contributed by atoms with Gasteiger partial charge in [-0.1, -0.05) is 24.3 Å². The highest BCUT2D eigenvalue weighted by Gasteiger charge is 2.16. The summed E-state index contributed by atoms with van der Waals surface area (Å²) in [7, 11) is 3.47. The van der Waals surface area contributed by atoms with Crippen LogP contribution in [0.4, 0.5) is 5.69 Å². The molecule has 3 N–H and O–H groups in total. The average Bonchev–Trinajstić information content (AvgIpc) is 2.77. The molecule has 0 aliphatic carbocycles. The van der Waals surface area contributed by atoms with Crippen LogP contribution in [0.25, 0.3) is 0 Å². The third kappa shape index (κ3) is 5.89. The third-order valence-electron chi connectivity index (χ3n) is 5.20. The number of nitrogens with zero attached hydrogens (tertiary/aromatic N) is 2. The summed E-state index contributed by atoms with van der Waals surface area (Å²) in [5, 5.41) is 9.55. The molecule has 0 atom stereocenters. The van der Waals surface area contributed by atoms with E-state index in [1.165, 1.54) is 5.56 Å². The average molecular weight is 410 g/mol. The van der Waals surface area contributed by atoms with E-state index >= 15 is 0 Å². The van der Waals surface area contributed by atoms with Crippen molar-refractivity contribution in [1.82, 2.24) is 16.0 Å². The highest BCUT2D eigenvalue weighted by atomic mass is 16.5. The third-order valence-corrected chi connectivity index (χ3v) is 5.20. The van der Waals surface area contributed by atoms with Crippen LogP contribution in [-0.2, 0) is 17.8 Å².